The Morgan fingerprint density at radius 2 is 1.67 bits per heavy atom. The first-order valence-corrected chi connectivity index (χ1v) is 10.6. The molecule has 1 heterocycles. The number of nitrogen functional groups attached to an aromatic ring is 1. The lowest BCUT2D eigenvalue weighted by Crippen LogP contribution is -2.23. The molecule has 0 aliphatic carbocycles. The first-order valence-electron chi connectivity index (χ1n) is 10.6. The van der Waals surface area contributed by atoms with Gasteiger partial charge in [-0.05, 0) is 60.0 Å². The van der Waals surface area contributed by atoms with Crippen LogP contribution in [0.3, 0.4) is 0 Å². The van der Waals surface area contributed by atoms with Gasteiger partial charge in [0.25, 0.3) is 11.8 Å². The molecule has 0 spiro atoms. The Balaban J connectivity index is 1.40. The van der Waals surface area contributed by atoms with Gasteiger partial charge in [-0.1, -0.05) is 42.5 Å². The summed E-state index contributed by atoms with van der Waals surface area (Å²) in [6, 6.07) is 23.7. The predicted octanol–water partition coefficient (Wildman–Crippen LogP) is 4.82. The molecule has 33 heavy (non-hydrogen) atoms. The summed E-state index contributed by atoms with van der Waals surface area (Å²) >= 11 is 0. The first kappa shape index (κ1) is 21.8. The van der Waals surface area contributed by atoms with Crippen molar-refractivity contribution in [2.45, 2.75) is 13.5 Å². The zero-order valence-electron chi connectivity index (χ0n) is 18.2. The largest absolute Gasteiger partial charge is 0.397 e. The fourth-order valence-corrected chi connectivity index (χ4v) is 3.57. The third-order valence-corrected chi connectivity index (χ3v) is 5.43. The van der Waals surface area contributed by atoms with Gasteiger partial charge in [0, 0.05) is 35.6 Å². The molecule has 4 N–H and O–H groups in total. The normalized spacial score (nSPS) is 10.5. The van der Waals surface area contributed by atoms with Gasteiger partial charge in [0.05, 0.1) is 11.4 Å². The average molecular weight is 437 g/mol. The van der Waals surface area contributed by atoms with Crippen molar-refractivity contribution >= 4 is 23.2 Å². The van der Waals surface area contributed by atoms with Gasteiger partial charge in [-0.15, -0.1) is 0 Å². The summed E-state index contributed by atoms with van der Waals surface area (Å²) in [6.07, 6.45) is 3.51. The third-order valence-electron chi connectivity index (χ3n) is 5.43. The van der Waals surface area contributed by atoms with Crippen LogP contribution in [-0.4, -0.2) is 16.8 Å². The molecule has 0 unspecified atom stereocenters. The Labute approximate surface area is 192 Å². The van der Waals surface area contributed by atoms with E-state index in [0.717, 1.165) is 22.3 Å². The van der Waals surface area contributed by atoms with Crippen molar-refractivity contribution in [2.75, 3.05) is 11.1 Å². The molecule has 0 fully saturated rings. The SMILES string of the molecule is Cc1c(C(=O)NCc2ccc(C(=O)Nc3ccccc3N)cc2)cccc1-c1cccnc1. The van der Waals surface area contributed by atoms with Crippen molar-refractivity contribution in [3.63, 3.8) is 0 Å². The van der Waals surface area contributed by atoms with Gasteiger partial charge in [-0.25, -0.2) is 0 Å². The van der Waals surface area contributed by atoms with Crippen molar-refractivity contribution in [1.29, 1.82) is 0 Å². The van der Waals surface area contributed by atoms with E-state index in [2.05, 4.69) is 15.6 Å². The van der Waals surface area contributed by atoms with Crippen LogP contribution in [0, 0.1) is 6.92 Å². The second-order valence-corrected chi connectivity index (χ2v) is 7.64. The van der Waals surface area contributed by atoms with E-state index in [-0.39, 0.29) is 11.8 Å². The topological polar surface area (TPSA) is 97.1 Å². The summed E-state index contributed by atoms with van der Waals surface area (Å²) < 4.78 is 0. The lowest BCUT2D eigenvalue weighted by Gasteiger charge is -2.12. The molecule has 0 aliphatic rings. The van der Waals surface area contributed by atoms with Crippen molar-refractivity contribution in [3.8, 4) is 11.1 Å². The number of carbonyl (C=O) groups is 2. The molecular formula is C27H24N4O2. The minimum absolute atomic E-state index is 0.153. The molecule has 0 radical (unpaired) electrons. The highest BCUT2D eigenvalue weighted by atomic mass is 16.2. The molecular weight excluding hydrogens is 412 g/mol. The number of hydrogen-bond acceptors (Lipinski definition) is 4. The highest BCUT2D eigenvalue weighted by Crippen LogP contribution is 2.25. The minimum atomic E-state index is -0.244. The van der Waals surface area contributed by atoms with Gasteiger partial charge in [0.15, 0.2) is 0 Å². The van der Waals surface area contributed by atoms with Gasteiger partial charge in [0.2, 0.25) is 0 Å². The average Bonchev–Trinajstić information content (AvgIpc) is 2.85. The first-order chi connectivity index (χ1) is 16.0. The van der Waals surface area contributed by atoms with E-state index in [9.17, 15) is 9.59 Å². The molecule has 2 amide bonds. The predicted molar refractivity (Wildman–Crippen MR) is 131 cm³/mol. The number of benzene rings is 3. The van der Waals surface area contributed by atoms with Crippen molar-refractivity contribution < 1.29 is 9.59 Å². The Morgan fingerprint density at radius 1 is 0.879 bits per heavy atom. The number of amides is 2. The highest BCUT2D eigenvalue weighted by molar-refractivity contribution is 6.05. The molecule has 0 saturated heterocycles. The molecule has 6 nitrogen and oxygen atoms in total. The monoisotopic (exact) mass is 436 g/mol. The molecule has 0 saturated carbocycles. The van der Waals surface area contributed by atoms with Crippen LogP contribution in [0.15, 0.2) is 91.3 Å². The Morgan fingerprint density at radius 3 is 2.39 bits per heavy atom. The highest BCUT2D eigenvalue weighted by Gasteiger charge is 2.13. The van der Waals surface area contributed by atoms with Gasteiger partial charge in [-0.3, -0.25) is 14.6 Å². The van der Waals surface area contributed by atoms with Crippen molar-refractivity contribution in [3.05, 3.63) is 114 Å². The summed E-state index contributed by atoms with van der Waals surface area (Å²) in [5, 5.41) is 5.76. The number of aromatic nitrogens is 1. The zero-order valence-corrected chi connectivity index (χ0v) is 18.2. The van der Waals surface area contributed by atoms with E-state index in [1.54, 1.807) is 36.7 Å². The second kappa shape index (κ2) is 9.78. The van der Waals surface area contributed by atoms with Gasteiger partial charge in [0.1, 0.15) is 0 Å². The molecule has 0 bridgehead atoms. The van der Waals surface area contributed by atoms with E-state index >= 15 is 0 Å². The zero-order chi connectivity index (χ0) is 23.2. The number of para-hydroxylation sites is 2. The number of nitrogens with two attached hydrogens (primary N) is 1. The molecule has 164 valence electrons. The molecule has 4 aromatic rings. The lowest BCUT2D eigenvalue weighted by atomic mass is 9.97. The van der Waals surface area contributed by atoms with Crippen LogP contribution in [0.25, 0.3) is 11.1 Å². The number of pyridine rings is 1. The van der Waals surface area contributed by atoms with Gasteiger partial charge in [-0.2, -0.15) is 0 Å². The maximum atomic E-state index is 12.8. The summed E-state index contributed by atoms with van der Waals surface area (Å²) in [5.74, 6) is -0.397. The van der Waals surface area contributed by atoms with Gasteiger partial charge >= 0.3 is 0 Å². The Hall–Kier alpha value is -4.45. The summed E-state index contributed by atoms with van der Waals surface area (Å²) in [7, 11) is 0. The van der Waals surface area contributed by atoms with E-state index in [0.29, 0.717) is 29.0 Å². The van der Waals surface area contributed by atoms with Crippen LogP contribution in [0.5, 0.6) is 0 Å². The van der Waals surface area contributed by atoms with E-state index in [1.807, 2.05) is 61.5 Å². The van der Waals surface area contributed by atoms with Crippen LogP contribution < -0.4 is 16.4 Å². The minimum Gasteiger partial charge on any atom is -0.397 e. The maximum Gasteiger partial charge on any atom is 0.255 e. The van der Waals surface area contributed by atoms with Crippen LogP contribution in [0.2, 0.25) is 0 Å². The fraction of sp³-hybridized carbons (Fsp3) is 0.0741. The molecule has 0 aliphatic heterocycles. The second-order valence-electron chi connectivity index (χ2n) is 7.64. The standard InChI is InChI=1S/C27H24N4O2/c1-18-22(21-6-5-15-29-17-21)7-4-8-23(18)27(33)30-16-19-11-13-20(14-12-19)26(32)31-25-10-3-2-9-24(25)28/h2-15,17H,16,28H2,1H3,(H,30,33)(H,31,32). The number of nitrogens with one attached hydrogen (secondary N) is 2. The quantitative estimate of drug-likeness (QED) is 0.378. The van der Waals surface area contributed by atoms with Crippen LogP contribution in [-0.2, 0) is 6.54 Å². The fourth-order valence-electron chi connectivity index (χ4n) is 3.57. The third kappa shape index (κ3) is 5.07. The van der Waals surface area contributed by atoms with Crippen LogP contribution in [0.4, 0.5) is 11.4 Å². The number of carbonyl (C=O) groups excluding carboxylic acids is 2. The van der Waals surface area contributed by atoms with Crippen LogP contribution >= 0.6 is 0 Å². The number of anilines is 2. The Kier molecular flexibility index (Phi) is 6.45. The molecule has 0 atom stereocenters. The van der Waals surface area contributed by atoms with Gasteiger partial charge < -0.3 is 16.4 Å². The van der Waals surface area contributed by atoms with Crippen LogP contribution in [0.1, 0.15) is 31.8 Å². The number of rotatable bonds is 6. The van der Waals surface area contributed by atoms with E-state index < -0.39 is 0 Å². The molecule has 4 rings (SSSR count). The maximum absolute atomic E-state index is 12.8. The summed E-state index contributed by atoms with van der Waals surface area (Å²) in [6.45, 7) is 2.28. The number of nitrogens with zero attached hydrogens (tertiary/aromatic N) is 1. The number of hydrogen-bond donors (Lipinski definition) is 3. The lowest BCUT2D eigenvalue weighted by molar-refractivity contribution is 0.0949. The van der Waals surface area contributed by atoms with Crippen molar-refractivity contribution in [2.24, 2.45) is 0 Å². The smallest absolute Gasteiger partial charge is 0.255 e. The summed E-state index contributed by atoms with van der Waals surface area (Å²) in [4.78, 5) is 29.5. The molecule has 3 aromatic carbocycles. The van der Waals surface area contributed by atoms with Crippen molar-refractivity contribution in [1.82, 2.24) is 10.3 Å². The summed E-state index contributed by atoms with van der Waals surface area (Å²) in [5.41, 5.74) is 11.8. The molecule has 1 aromatic heterocycles. The van der Waals surface area contributed by atoms with E-state index in [4.69, 9.17) is 5.73 Å². The van der Waals surface area contributed by atoms with E-state index in [1.165, 1.54) is 0 Å². The molecule has 6 heteroatoms. The Bertz CT molecular complexity index is 1290.